The number of fused-ring (bicyclic) bond motifs is 1. The van der Waals surface area contributed by atoms with Crippen LogP contribution in [0.3, 0.4) is 0 Å². The van der Waals surface area contributed by atoms with E-state index in [0.29, 0.717) is 16.9 Å². The predicted octanol–water partition coefficient (Wildman–Crippen LogP) is 4.63. The van der Waals surface area contributed by atoms with Gasteiger partial charge in [0, 0.05) is 39.0 Å². The Morgan fingerprint density at radius 2 is 1.74 bits per heavy atom. The number of amides is 1. The third-order valence-electron chi connectivity index (χ3n) is 4.23. The van der Waals surface area contributed by atoms with Crippen LogP contribution in [0.15, 0.2) is 54.6 Å². The van der Waals surface area contributed by atoms with Gasteiger partial charge >= 0.3 is 0 Å². The van der Waals surface area contributed by atoms with Gasteiger partial charge in [0.15, 0.2) is 5.78 Å². The largest absolute Gasteiger partial charge is 0.399 e. The molecule has 0 bridgehead atoms. The highest BCUT2D eigenvalue weighted by Gasteiger charge is 2.18. The second-order valence-corrected chi connectivity index (χ2v) is 7.55. The summed E-state index contributed by atoms with van der Waals surface area (Å²) in [5.74, 6) is -0.126. The summed E-state index contributed by atoms with van der Waals surface area (Å²) in [6.45, 7) is 5.67. The number of nitrogens with two attached hydrogens (primary N) is 1. The fourth-order valence-corrected chi connectivity index (χ4v) is 2.58. The van der Waals surface area contributed by atoms with Crippen molar-refractivity contribution < 1.29 is 9.59 Å². The number of hydrogen-bond acceptors (Lipinski definition) is 3. The Kier molecular flexibility index (Phi) is 4.86. The van der Waals surface area contributed by atoms with Gasteiger partial charge in [-0.25, -0.2) is 0 Å². The van der Waals surface area contributed by atoms with Crippen molar-refractivity contribution >= 4 is 40.0 Å². The summed E-state index contributed by atoms with van der Waals surface area (Å²) in [6.07, 6.45) is 3.37. The fourth-order valence-electron chi connectivity index (χ4n) is 2.58. The molecule has 0 aliphatic carbocycles. The van der Waals surface area contributed by atoms with Crippen LogP contribution in [0.4, 0.5) is 11.4 Å². The van der Waals surface area contributed by atoms with Crippen molar-refractivity contribution in [1.29, 1.82) is 0 Å². The number of H-pyrrole nitrogens is 1. The third kappa shape index (κ3) is 4.44. The molecule has 3 rings (SSSR count). The summed E-state index contributed by atoms with van der Waals surface area (Å²) >= 11 is 0. The summed E-state index contributed by atoms with van der Waals surface area (Å²) in [5.41, 5.74) is 8.88. The molecule has 138 valence electrons. The van der Waals surface area contributed by atoms with Crippen LogP contribution in [0, 0.1) is 5.41 Å². The maximum Gasteiger partial charge on any atom is 0.255 e. The highest BCUT2D eigenvalue weighted by Crippen LogP contribution is 2.22. The SMILES string of the molecule is CC(C)(C)C(=O)/C=C/c1cc2cc(NC(=O)c3ccc(N)cc3)ccc2[nH]1. The molecule has 4 N–H and O–H groups in total. The van der Waals surface area contributed by atoms with Crippen molar-refractivity contribution in [3.05, 3.63) is 65.9 Å². The number of rotatable bonds is 4. The maximum atomic E-state index is 12.3. The molecule has 5 nitrogen and oxygen atoms in total. The Bertz CT molecular complexity index is 1020. The van der Waals surface area contributed by atoms with E-state index in [1.807, 2.05) is 45.0 Å². The van der Waals surface area contributed by atoms with Crippen LogP contribution in [-0.2, 0) is 4.79 Å². The van der Waals surface area contributed by atoms with Gasteiger partial charge in [0.05, 0.1) is 0 Å². The third-order valence-corrected chi connectivity index (χ3v) is 4.23. The van der Waals surface area contributed by atoms with E-state index in [1.165, 1.54) is 0 Å². The molecule has 0 spiro atoms. The monoisotopic (exact) mass is 361 g/mol. The quantitative estimate of drug-likeness (QED) is 0.467. The number of anilines is 2. The normalized spacial score (nSPS) is 11.8. The molecule has 2 aromatic carbocycles. The number of carbonyl (C=O) groups excluding carboxylic acids is 2. The Morgan fingerprint density at radius 3 is 2.41 bits per heavy atom. The first kappa shape index (κ1) is 18.5. The molecule has 0 saturated carbocycles. The maximum absolute atomic E-state index is 12.3. The van der Waals surface area contributed by atoms with Gasteiger partial charge in [-0.3, -0.25) is 9.59 Å². The summed E-state index contributed by atoms with van der Waals surface area (Å²) in [7, 11) is 0. The minimum atomic E-state index is -0.401. The molecular weight excluding hydrogens is 338 g/mol. The van der Waals surface area contributed by atoms with Crippen LogP contribution >= 0.6 is 0 Å². The van der Waals surface area contributed by atoms with E-state index in [0.717, 1.165) is 16.6 Å². The van der Waals surface area contributed by atoms with Gasteiger partial charge in [-0.05, 0) is 60.7 Å². The van der Waals surface area contributed by atoms with E-state index < -0.39 is 5.41 Å². The van der Waals surface area contributed by atoms with E-state index in [-0.39, 0.29) is 11.7 Å². The van der Waals surface area contributed by atoms with Crippen LogP contribution < -0.4 is 11.1 Å². The Morgan fingerprint density at radius 1 is 1.04 bits per heavy atom. The van der Waals surface area contributed by atoms with Crippen molar-refractivity contribution in [2.24, 2.45) is 5.41 Å². The average molecular weight is 361 g/mol. The number of aromatic amines is 1. The van der Waals surface area contributed by atoms with Crippen LogP contribution in [-0.4, -0.2) is 16.7 Å². The molecule has 0 radical (unpaired) electrons. The molecule has 5 heteroatoms. The zero-order valence-corrected chi connectivity index (χ0v) is 15.7. The molecule has 0 aliphatic heterocycles. The average Bonchev–Trinajstić information content (AvgIpc) is 3.01. The topological polar surface area (TPSA) is 88.0 Å². The number of nitrogen functional groups attached to an aromatic ring is 1. The molecule has 1 aromatic heterocycles. The predicted molar refractivity (Wildman–Crippen MR) is 111 cm³/mol. The lowest BCUT2D eigenvalue weighted by molar-refractivity contribution is -0.121. The molecule has 1 amide bonds. The van der Waals surface area contributed by atoms with Gasteiger partial charge in [0.25, 0.3) is 5.91 Å². The van der Waals surface area contributed by atoms with Gasteiger partial charge < -0.3 is 16.0 Å². The van der Waals surface area contributed by atoms with Crippen molar-refractivity contribution in [3.8, 4) is 0 Å². The van der Waals surface area contributed by atoms with E-state index in [4.69, 9.17) is 5.73 Å². The zero-order chi connectivity index (χ0) is 19.6. The van der Waals surface area contributed by atoms with E-state index in [9.17, 15) is 9.59 Å². The molecular formula is C22H23N3O2. The molecule has 0 aliphatic rings. The van der Waals surface area contributed by atoms with Gasteiger partial charge in [0.2, 0.25) is 0 Å². The standard InChI is InChI=1S/C22H23N3O2/c1-22(2,3)20(26)11-9-17-12-15-13-18(8-10-19(15)24-17)25-21(27)14-4-6-16(23)7-5-14/h4-13,24H,23H2,1-3H3,(H,25,27)/b11-9+. The van der Waals surface area contributed by atoms with Crippen LogP contribution in [0.1, 0.15) is 36.8 Å². The number of ketones is 1. The van der Waals surface area contributed by atoms with Crippen LogP contribution in [0.5, 0.6) is 0 Å². The fraction of sp³-hybridized carbons (Fsp3) is 0.182. The molecule has 0 unspecified atom stereocenters. The Balaban J connectivity index is 1.77. The summed E-state index contributed by atoms with van der Waals surface area (Å²) in [6, 6.07) is 14.3. The van der Waals surface area contributed by atoms with Crippen LogP contribution in [0.25, 0.3) is 17.0 Å². The number of allylic oxidation sites excluding steroid dienone is 1. The van der Waals surface area contributed by atoms with Crippen molar-refractivity contribution in [2.45, 2.75) is 20.8 Å². The van der Waals surface area contributed by atoms with Crippen molar-refractivity contribution in [3.63, 3.8) is 0 Å². The molecule has 3 aromatic rings. The minimum Gasteiger partial charge on any atom is -0.399 e. The van der Waals surface area contributed by atoms with Crippen molar-refractivity contribution in [1.82, 2.24) is 4.98 Å². The first-order valence-corrected chi connectivity index (χ1v) is 8.74. The molecule has 27 heavy (non-hydrogen) atoms. The van der Waals surface area contributed by atoms with Crippen molar-refractivity contribution in [2.75, 3.05) is 11.1 Å². The highest BCUT2D eigenvalue weighted by atomic mass is 16.1. The summed E-state index contributed by atoms with van der Waals surface area (Å²) < 4.78 is 0. The Hall–Kier alpha value is -3.34. The van der Waals surface area contributed by atoms with Gasteiger partial charge in [-0.15, -0.1) is 0 Å². The number of aromatic nitrogens is 1. The second-order valence-electron chi connectivity index (χ2n) is 7.55. The summed E-state index contributed by atoms with van der Waals surface area (Å²) in [5, 5.41) is 3.84. The number of carbonyl (C=O) groups is 2. The zero-order valence-electron chi connectivity index (χ0n) is 15.7. The highest BCUT2D eigenvalue weighted by molar-refractivity contribution is 6.05. The molecule has 1 heterocycles. The lowest BCUT2D eigenvalue weighted by atomic mass is 9.90. The number of nitrogens with one attached hydrogen (secondary N) is 2. The van der Waals surface area contributed by atoms with E-state index in [1.54, 1.807) is 36.4 Å². The minimum absolute atomic E-state index is 0.0672. The Labute approximate surface area is 158 Å². The smallest absolute Gasteiger partial charge is 0.255 e. The van der Waals surface area contributed by atoms with Crippen LogP contribution in [0.2, 0.25) is 0 Å². The lowest BCUT2D eigenvalue weighted by Crippen LogP contribution is -2.17. The van der Waals surface area contributed by atoms with E-state index >= 15 is 0 Å². The molecule has 0 saturated heterocycles. The van der Waals surface area contributed by atoms with Gasteiger partial charge in [-0.1, -0.05) is 20.8 Å². The van der Waals surface area contributed by atoms with Gasteiger partial charge in [-0.2, -0.15) is 0 Å². The molecule has 0 atom stereocenters. The lowest BCUT2D eigenvalue weighted by Gasteiger charge is -2.12. The summed E-state index contributed by atoms with van der Waals surface area (Å²) in [4.78, 5) is 27.6. The van der Waals surface area contributed by atoms with E-state index in [2.05, 4.69) is 10.3 Å². The second kappa shape index (κ2) is 7.11. The number of benzene rings is 2. The first-order valence-electron chi connectivity index (χ1n) is 8.74. The first-order chi connectivity index (χ1) is 12.7. The number of hydrogen-bond donors (Lipinski definition) is 3. The molecule has 0 fully saturated rings. The van der Waals surface area contributed by atoms with Gasteiger partial charge in [0.1, 0.15) is 0 Å².